The van der Waals surface area contributed by atoms with Crippen LogP contribution in [-0.2, 0) is 12.7 Å². The summed E-state index contributed by atoms with van der Waals surface area (Å²) in [5, 5.41) is 0. The van der Waals surface area contributed by atoms with Crippen LogP contribution in [0.2, 0.25) is 0 Å². The number of rotatable bonds is 2. The van der Waals surface area contributed by atoms with Gasteiger partial charge in [-0.2, -0.15) is 13.2 Å². The Labute approximate surface area is 97.0 Å². The van der Waals surface area contributed by atoms with Gasteiger partial charge in [-0.15, -0.1) is 0 Å². The van der Waals surface area contributed by atoms with E-state index in [1.54, 1.807) is 0 Å². The first kappa shape index (κ1) is 12.4. The van der Waals surface area contributed by atoms with Crippen molar-refractivity contribution in [1.82, 2.24) is 4.90 Å². The molecule has 1 aliphatic heterocycles. The molecule has 0 radical (unpaired) electrons. The van der Waals surface area contributed by atoms with Crippen molar-refractivity contribution < 1.29 is 17.6 Å². The van der Waals surface area contributed by atoms with Crippen LogP contribution in [0.1, 0.15) is 24.0 Å². The topological polar surface area (TPSA) is 3.24 Å². The summed E-state index contributed by atoms with van der Waals surface area (Å²) in [5.41, 5.74) is -0.704. The summed E-state index contributed by atoms with van der Waals surface area (Å²) in [6.07, 6.45) is -2.46. The van der Waals surface area contributed by atoms with E-state index in [9.17, 15) is 17.6 Å². The maximum absolute atomic E-state index is 12.9. The first-order valence-corrected chi connectivity index (χ1v) is 5.55. The van der Waals surface area contributed by atoms with Gasteiger partial charge >= 0.3 is 6.18 Å². The molecule has 94 valence electrons. The monoisotopic (exact) mass is 247 g/mol. The molecule has 2 rings (SSSR count). The van der Waals surface area contributed by atoms with E-state index in [4.69, 9.17) is 0 Å². The smallest absolute Gasteiger partial charge is 0.299 e. The molecule has 0 saturated carbocycles. The summed E-state index contributed by atoms with van der Waals surface area (Å²) < 4.78 is 51.0. The molecule has 0 N–H and O–H groups in total. The number of benzene rings is 1. The Morgan fingerprint density at radius 2 is 1.76 bits per heavy atom. The van der Waals surface area contributed by atoms with Gasteiger partial charge in [0.1, 0.15) is 5.82 Å². The van der Waals surface area contributed by atoms with Crippen molar-refractivity contribution >= 4 is 0 Å². The molecule has 1 aliphatic rings. The molecule has 0 spiro atoms. The molecule has 17 heavy (non-hydrogen) atoms. The van der Waals surface area contributed by atoms with E-state index in [-0.39, 0.29) is 12.1 Å². The lowest BCUT2D eigenvalue weighted by Crippen LogP contribution is -2.21. The zero-order valence-corrected chi connectivity index (χ0v) is 9.23. The Kier molecular flexibility index (Phi) is 3.38. The molecule has 1 saturated heterocycles. The van der Waals surface area contributed by atoms with Gasteiger partial charge < -0.3 is 0 Å². The lowest BCUT2D eigenvalue weighted by molar-refractivity contribution is -0.138. The van der Waals surface area contributed by atoms with Gasteiger partial charge in [0, 0.05) is 6.54 Å². The normalized spacial score (nSPS) is 17.6. The minimum atomic E-state index is -4.49. The average Bonchev–Trinajstić information content (AvgIpc) is 2.72. The maximum Gasteiger partial charge on any atom is 0.416 e. The van der Waals surface area contributed by atoms with Crippen LogP contribution in [0.5, 0.6) is 0 Å². The van der Waals surface area contributed by atoms with Crippen molar-refractivity contribution in [3.63, 3.8) is 0 Å². The largest absolute Gasteiger partial charge is 0.416 e. The standard InChI is InChI=1S/C12H13F4N/c13-10-4-3-9(8-17-5-1-2-6-17)11(7-10)12(14,15)16/h3-4,7H,1-2,5-6,8H2. The quantitative estimate of drug-likeness (QED) is 0.723. The Hall–Kier alpha value is -1.10. The second-order valence-corrected chi connectivity index (χ2v) is 4.28. The third-order valence-electron chi connectivity index (χ3n) is 2.97. The van der Waals surface area contributed by atoms with Gasteiger partial charge in [0.15, 0.2) is 0 Å². The Balaban J connectivity index is 2.25. The third kappa shape index (κ3) is 2.97. The Bertz CT molecular complexity index is 394. The lowest BCUT2D eigenvalue weighted by atomic mass is 10.1. The second-order valence-electron chi connectivity index (χ2n) is 4.28. The lowest BCUT2D eigenvalue weighted by Gasteiger charge is -2.18. The summed E-state index contributed by atoms with van der Waals surface area (Å²) in [5.74, 6) is -0.845. The molecule has 1 nitrogen and oxygen atoms in total. The van der Waals surface area contributed by atoms with Crippen LogP contribution in [0.4, 0.5) is 17.6 Å². The fourth-order valence-electron chi connectivity index (χ4n) is 2.13. The van der Waals surface area contributed by atoms with E-state index in [2.05, 4.69) is 0 Å². The van der Waals surface area contributed by atoms with Gasteiger partial charge in [-0.25, -0.2) is 4.39 Å². The molecule has 0 aliphatic carbocycles. The van der Waals surface area contributed by atoms with Crippen molar-refractivity contribution in [1.29, 1.82) is 0 Å². The van der Waals surface area contributed by atoms with Crippen LogP contribution < -0.4 is 0 Å². The van der Waals surface area contributed by atoms with Crippen molar-refractivity contribution in [3.8, 4) is 0 Å². The van der Waals surface area contributed by atoms with Gasteiger partial charge in [0.25, 0.3) is 0 Å². The minimum Gasteiger partial charge on any atom is -0.299 e. The number of hydrogen-bond acceptors (Lipinski definition) is 1. The summed E-state index contributed by atoms with van der Waals surface area (Å²) in [4.78, 5) is 1.96. The molecule has 5 heteroatoms. The van der Waals surface area contributed by atoms with E-state index in [1.165, 1.54) is 6.07 Å². The molecule has 0 unspecified atom stereocenters. The summed E-state index contributed by atoms with van der Waals surface area (Å²) in [7, 11) is 0. The molecular formula is C12H13F4N. The van der Waals surface area contributed by atoms with Crippen molar-refractivity contribution in [2.24, 2.45) is 0 Å². The molecule has 1 aromatic carbocycles. The number of hydrogen-bond donors (Lipinski definition) is 0. The van der Waals surface area contributed by atoms with E-state index >= 15 is 0 Å². The van der Waals surface area contributed by atoms with E-state index in [1.807, 2.05) is 4.90 Å². The van der Waals surface area contributed by atoms with Gasteiger partial charge in [-0.05, 0) is 43.6 Å². The van der Waals surface area contributed by atoms with Crippen LogP contribution in [0.3, 0.4) is 0 Å². The minimum absolute atomic E-state index is 0.154. The van der Waals surface area contributed by atoms with Crippen molar-refractivity contribution in [2.45, 2.75) is 25.6 Å². The third-order valence-corrected chi connectivity index (χ3v) is 2.97. The summed E-state index contributed by atoms with van der Waals surface area (Å²) >= 11 is 0. The zero-order chi connectivity index (χ0) is 12.5. The number of halogens is 4. The highest BCUT2D eigenvalue weighted by atomic mass is 19.4. The maximum atomic E-state index is 12.9. The number of nitrogens with zero attached hydrogens (tertiary/aromatic N) is 1. The van der Waals surface area contributed by atoms with Crippen LogP contribution in [0.15, 0.2) is 18.2 Å². The number of alkyl halides is 3. The first-order chi connectivity index (χ1) is 7.97. The van der Waals surface area contributed by atoms with Gasteiger partial charge in [0.05, 0.1) is 5.56 Å². The average molecular weight is 247 g/mol. The SMILES string of the molecule is Fc1ccc(CN2CCCC2)c(C(F)(F)F)c1. The molecule has 0 atom stereocenters. The predicted octanol–water partition coefficient (Wildman–Crippen LogP) is 3.44. The van der Waals surface area contributed by atoms with E-state index < -0.39 is 17.6 Å². The van der Waals surface area contributed by atoms with Crippen LogP contribution in [0.25, 0.3) is 0 Å². The molecule has 1 fully saturated rings. The molecule has 0 aromatic heterocycles. The zero-order valence-electron chi connectivity index (χ0n) is 9.23. The second kappa shape index (κ2) is 4.64. The van der Waals surface area contributed by atoms with Crippen LogP contribution >= 0.6 is 0 Å². The van der Waals surface area contributed by atoms with Gasteiger partial charge in [0.2, 0.25) is 0 Å². The highest BCUT2D eigenvalue weighted by molar-refractivity contribution is 5.30. The Morgan fingerprint density at radius 3 is 2.35 bits per heavy atom. The fourth-order valence-corrected chi connectivity index (χ4v) is 2.13. The van der Waals surface area contributed by atoms with Gasteiger partial charge in [-0.3, -0.25) is 4.90 Å². The predicted molar refractivity (Wildman–Crippen MR) is 55.9 cm³/mol. The van der Waals surface area contributed by atoms with E-state index in [0.717, 1.165) is 32.0 Å². The highest BCUT2D eigenvalue weighted by Crippen LogP contribution is 2.33. The fraction of sp³-hybridized carbons (Fsp3) is 0.500. The molecule has 1 heterocycles. The van der Waals surface area contributed by atoms with Crippen LogP contribution in [-0.4, -0.2) is 18.0 Å². The molecule has 0 amide bonds. The summed E-state index contributed by atoms with van der Waals surface area (Å²) in [6, 6.07) is 2.89. The molecular weight excluding hydrogens is 234 g/mol. The van der Waals surface area contributed by atoms with Crippen molar-refractivity contribution in [3.05, 3.63) is 35.1 Å². The Morgan fingerprint density at radius 1 is 1.12 bits per heavy atom. The first-order valence-electron chi connectivity index (χ1n) is 5.55. The summed E-state index contributed by atoms with van der Waals surface area (Å²) in [6.45, 7) is 1.87. The molecule has 0 bridgehead atoms. The highest BCUT2D eigenvalue weighted by Gasteiger charge is 2.34. The number of likely N-dealkylation sites (tertiary alicyclic amines) is 1. The van der Waals surface area contributed by atoms with E-state index in [0.29, 0.717) is 6.07 Å². The molecule has 1 aromatic rings. The van der Waals surface area contributed by atoms with Crippen LogP contribution in [0, 0.1) is 5.82 Å². The van der Waals surface area contributed by atoms with Gasteiger partial charge in [-0.1, -0.05) is 6.07 Å². The van der Waals surface area contributed by atoms with Crippen molar-refractivity contribution in [2.75, 3.05) is 13.1 Å².